The van der Waals surface area contributed by atoms with Gasteiger partial charge >= 0.3 is 11.9 Å². The minimum atomic E-state index is -0.991. The second-order valence-corrected chi connectivity index (χ2v) is 9.60. The lowest BCUT2D eigenvalue weighted by molar-refractivity contribution is -0.142. The van der Waals surface area contributed by atoms with Crippen LogP contribution in [-0.2, 0) is 27.2 Å². The molecule has 0 heterocycles. The Hall–Kier alpha value is -3.15. The van der Waals surface area contributed by atoms with Crippen LogP contribution in [0.4, 0.5) is 0 Å². The molecule has 0 saturated carbocycles. The Balaban J connectivity index is 2.19. The van der Waals surface area contributed by atoms with Gasteiger partial charge < -0.3 is 15.5 Å². The molecule has 0 radical (unpaired) electrons. The molecule has 0 aliphatic rings. The summed E-state index contributed by atoms with van der Waals surface area (Å²) < 4.78 is 0. The van der Waals surface area contributed by atoms with E-state index in [1.165, 1.54) is 11.1 Å². The minimum Gasteiger partial charge on any atom is -0.481 e. The molecular formula is C28H37NO5. The first-order chi connectivity index (χ1) is 16.1. The summed E-state index contributed by atoms with van der Waals surface area (Å²) >= 11 is 0. The molecule has 0 aliphatic heterocycles. The monoisotopic (exact) mass is 467 g/mol. The molecule has 2 aromatic rings. The molecule has 0 spiro atoms. The Bertz CT molecular complexity index is 948. The molecular weight excluding hydrogens is 430 g/mol. The van der Waals surface area contributed by atoms with Gasteiger partial charge in [-0.05, 0) is 53.4 Å². The van der Waals surface area contributed by atoms with E-state index < -0.39 is 23.8 Å². The van der Waals surface area contributed by atoms with Crippen LogP contribution >= 0.6 is 0 Å². The number of carbonyl (C=O) groups is 3. The fraction of sp³-hybridized carbons (Fsp3) is 0.464. The van der Waals surface area contributed by atoms with E-state index in [4.69, 9.17) is 5.11 Å². The van der Waals surface area contributed by atoms with Gasteiger partial charge in [-0.15, -0.1) is 0 Å². The normalized spacial score (nSPS) is 13.0. The van der Waals surface area contributed by atoms with Gasteiger partial charge in [0, 0.05) is 12.5 Å². The van der Waals surface area contributed by atoms with Crippen molar-refractivity contribution in [2.75, 3.05) is 6.54 Å². The molecule has 6 heteroatoms. The molecule has 184 valence electrons. The van der Waals surface area contributed by atoms with Crippen LogP contribution < -0.4 is 5.32 Å². The number of amides is 1. The van der Waals surface area contributed by atoms with Crippen molar-refractivity contribution in [1.29, 1.82) is 0 Å². The number of carboxylic acids is 2. The van der Waals surface area contributed by atoms with Crippen molar-refractivity contribution in [1.82, 2.24) is 5.32 Å². The highest BCUT2D eigenvalue weighted by Crippen LogP contribution is 2.24. The number of benzene rings is 2. The Labute approximate surface area is 202 Å². The highest BCUT2D eigenvalue weighted by atomic mass is 16.4. The van der Waals surface area contributed by atoms with Crippen molar-refractivity contribution in [2.24, 2.45) is 11.8 Å². The lowest BCUT2D eigenvalue weighted by Gasteiger charge is -2.21. The molecule has 0 saturated heterocycles. The maximum Gasteiger partial charge on any atom is 0.306 e. The van der Waals surface area contributed by atoms with Crippen molar-refractivity contribution in [3.8, 4) is 0 Å². The average Bonchev–Trinajstić information content (AvgIpc) is 2.78. The van der Waals surface area contributed by atoms with Crippen LogP contribution in [-0.4, -0.2) is 34.6 Å². The summed E-state index contributed by atoms with van der Waals surface area (Å²) in [5.41, 5.74) is 4.26. The molecule has 6 nitrogen and oxygen atoms in total. The first kappa shape index (κ1) is 27.1. The summed E-state index contributed by atoms with van der Waals surface area (Å²) in [6.45, 7) is 8.45. The molecule has 1 amide bonds. The zero-order chi connectivity index (χ0) is 25.3. The number of rotatable bonds is 13. The van der Waals surface area contributed by atoms with E-state index in [-0.39, 0.29) is 25.3 Å². The molecule has 2 rings (SSSR count). The third-order valence-electron chi connectivity index (χ3n) is 6.18. The third-order valence-corrected chi connectivity index (χ3v) is 6.18. The fourth-order valence-electron chi connectivity index (χ4n) is 3.98. The van der Waals surface area contributed by atoms with Gasteiger partial charge in [0.1, 0.15) is 0 Å². The lowest BCUT2D eigenvalue weighted by atomic mass is 9.85. The van der Waals surface area contributed by atoms with E-state index >= 15 is 0 Å². The number of carboxylic acid groups (broad SMARTS) is 2. The summed E-state index contributed by atoms with van der Waals surface area (Å²) in [4.78, 5) is 35.9. The summed E-state index contributed by atoms with van der Waals surface area (Å²) in [5, 5.41) is 21.5. The molecule has 0 aliphatic carbocycles. The molecule has 0 fully saturated rings. The van der Waals surface area contributed by atoms with E-state index in [9.17, 15) is 19.5 Å². The predicted octanol–water partition coefficient (Wildman–Crippen LogP) is 5.02. The zero-order valence-corrected chi connectivity index (χ0v) is 20.6. The summed E-state index contributed by atoms with van der Waals surface area (Å²) in [6, 6.07) is 16.0. The molecule has 3 N–H and O–H groups in total. The molecule has 2 atom stereocenters. The van der Waals surface area contributed by atoms with E-state index in [1.807, 2.05) is 48.5 Å². The van der Waals surface area contributed by atoms with Crippen LogP contribution in [0.25, 0.3) is 0 Å². The van der Waals surface area contributed by atoms with Crippen molar-refractivity contribution in [3.63, 3.8) is 0 Å². The summed E-state index contributed by atoms with van der Waals surface area (Å²) in [5.74, 6) is -2.76. The van der Waals surface area contributed by atoms with Crippen molar-refractivity contribution >= 4 is 17.8 Å². The number of nitrogens with one attached hydrogen (secondary N) is 1. The Morgan fingerprint density at radius 1 is 0.735 bits per heavy atom. The van der Waals surface area contributed by atoms with Gasteiger partial charge in [0.2, 0.25) is 5.91 Å². The molecule has 2 aromatic carbocycles. The Morgan fingerprint density at radius 3 is 1.56 bits per heavy atom. The lowest BCUT2D eigenvalue weighted by Crippen LogP contribution is -2.36. The maximum absolute atomic E-state index is 12.9. The van der Waals surface area contributed by atoms with Gasteiger partial charge in [-0.1, -0.05) is 76.2 Å². The van der Waals surface area contributed by atoms with Gasteiger partial charge in [-0.2, -0.15) is 0 Å². The van der Waals surface area contributed by atoms with Crippen molar-refractivity contribution in [2.45, 2.75) is 65.2 Å². The predicted molar refractivity (Wildman–Crippen MR) is 133 cm³/mol. The molecule has 34 heavy (non-hydrogen) atoms. The van der Waals surface area contributed by atoms with E-state index in [1.54, 1.807) is 0 Å². The van der Waals surface area contributed by atoms with Crippen molar-refractivity contribution in [3.05, 3.63) is 70.8 Å². The standard InChI is InChI=1S/C28H37NO5/c1-18(2)22-9-5-20(6-10-22)15-24(27(32)29-14-13-26(30)31)17-25(28(33)34)16-21-7-11-23(12-8-21)19(3)4/h5-12,18-19,24-25H,13-17H2,1-4H3,(H,29,32)(H,30,31)(H,33,34)/t24-,25-/m1/s1. The zero-order valence-electron chi connectivity index (χ0n) is 20.6. The topological polar surface area (TPSA) is 104 Å². The maximum atomic E-state index is 12.9. The highest BCUT2D eigenvalue weighted by molar-refractivity contribution is 5.80. The van der Waals surface area contributed by atoms with Crippen molar-refractivity contribution < 1.29 is 24.6 Å². The summed E-state index contributed by atoms with van der Waals surface area (Å²) in [7, 11) is 0. The van der Waals surface area contributed by atoms with Crippen LogP contribution in [0, 0.1) is 11.8 Å². The first-order valence-corrected chi connectivity index (χ1v) is 12.0. The SMILES string of the molecule is CC(C)c1ccc(C[C@H](C[C@@H](Cc2ccc(C(C)C)cc2)C(=O)NCCC(=O)O)C(=O)O)cc1. The second kappa shape index (κ2) is 12.9. The van der Waals surface area contributed by atoms with Gasteiger partial charge in [0.25, 0.3) is 0 Å². The second-order valence-electron chi connectivity index (χ2n) is 9.60. The largest absolute Gasteiger partial charge is 0.481 e. The molecule has 0 aromatic heterocycles. The van der Waals surface area contributed by atoms with Crippen LogP contribution in [0.15, 0.2) is 48.5 Å². The van der Waals surface area contributed by atoms with Crippen LogP contribution in [0.2, 0.25) is 0 Å². The molecule has 0 bridgehead atoms. The van der Waals surface area contributed by atoms with Crippen LogP contribution in [0.1, 0.15) is 74.6 Å². The van der Waals surface area contributed by atoms with Gasteiger partial charge in [0.05, 0.1) is 12.3 Å². The van der Waals surface area contributed by atoms with Crippen LogP contribution in [0.3, 0.4) is 0 Å². The van der Waals surface area contributed by atoms with Gasteiger partial charge in [-0.25, -0.2) is 0 Å². The number of carbonyl (C=O) groups excluding carboxylic acids is 1. The Kier molecular flexibility index (Phi) is 10.3. The van der Waals surface area contributed by atoms with E-state index in [2.05, 4.69) is 33.0 Å². The number of hydrogen-bond donors (Lipinski definition) is 3. The average molecular weight is 468 g/mol. The number of hydrogen-bond acceptors (Lipinski definition) is 3. The van der Waals surface area contributed by atoms with E-state index in [0.29, 0.717) is 24.7 Å². The molecule has 0 unspecified atom stereocenters. The quantitative estimate of drug-likeness (QED) is 0.384. The smallest absolute Gasteiger partial charge is 0.306 e. The van der Waals surface area contributed by atoms with Crippen LogP contribution in [0.5, 0.6) is 0 Å². The van der Waals surface area contributed by atoms with Gasteiger partial charge in [-0.3, -0.25) is 14.4 Å². The van der Waals surface area contributed by atoms with Gasteiger partial charge in [0.15, 0.2) is 0 Å². The minimum absolute atomic E-state index is 0.0192. The highest BCUT2D eigenvalue weighted by Gasteiger charge is 2.28. The summed E-state index contributed by atoms with van der Waals surface area (Å²) in [6.07, 6.45) is 0.727. The van der Waals surface area contributed by atoms with E-state index in [0.717, 1.165) is 11.1 Å². The fourth-order valence-corrected chi connectivity index (χ4v) is 3.98. The first-order valence-electron chi connectivity index (χ1n) is 12.0. The number of aliphatic carboxylic acids is 2. The third kappa shape index (κ3) is 8.65. The Morgan fingerprint density at radius 2 is 1.18 bits per heavy atom.